The van der Waals surface area contributed by atoms with Crippen molar-refractivity contribution in [1.82, 2.24) is 9.29 Å². The molecule has 0 aliphatic rings. The molecular formula is C13H18N2O4S2. The molecule has 2 rings (SSSR count). The van der Waals surface area contributed by atoms with Crippen molar-refractivity contribution in [3.8, 4) is 0 Å². The molecule has 0 saturated heterocycles. The Hall–Kier alpha value is -1.22. The monoisotopic (exact) mass is 330 g/mol. The first-order chi connectivity index (χ1) is 9.99. The lowest BCUT2D eigenvalue weighted by molar-refractivity contribution is 0.204. The first-order valence-corrected chi connectivity index (χ1v) is 8.91. The molecule has 1 aromatic carbocycles. The van der Waals surface area contributed by atoms with Crippen molar-refractivity contribution in [3.05, 3.63) is 27.9 Å². The van der Waals surface area contributed by atoms with Crippen LogP contribution < -0.4 is 9.60 Å². The SMILES string of the molecule is CCCn1c(=O)sc2cc(S(=O)(=O)NCCOC)ccc21. The Kier molecular flexibility index (Phi) is 5.15. The van der Waals surface area contributed by atoms with Crippen molar-refractivity contribution in [2.75, 3.05) is 20.3 Å². The number of sulfonamides is 1. The van der Waals surface area contributed by atoms with Crippen LogP contribution >= 0.6 is 11.3 Å². The number of aryl methyl sites for hydroxylation is 1. The van der Waals surface area contributed by atoms with E-state index in [1.54, 1.807) is 16.7 Å². The van der Waals surface area contributed by atoms with Crippen LogP contribution in [-0.2, 0) is 21.3 Å². The van der Waals surface area contributed by atoms with Crippen molar-refractivity contribution in [2.45, 2.75) is 24.8 Å². The number of benzene rings is 1. The molecule has 0 fully saturated rings. The number of rotatable bonds is 7. The topological polar surface area (TPSA) is 77.4 Å². The van der Waals surface area contributed by atoms with Gasteiger partial charge >= 0.3 is 4.87 Å². The second kappa shape index (κ2) is 6.69. The van der Waals surface area contributed by atoms with Crippen molar-refractivity contribution in [2.24, 2.45) is 0 Å². The van der Waals surface area contributed by atoms with Gasteiger partial charge in [-0.25, -0.2) is 13.1 Å². The first kappa shape index (κ1) is 16.2. The van der Waals surface area contributed by atoms with Crippen LogP contribution in [0.1, 0.15) is 13.3 Å². The Labute approximate surface area is 127 Å². The summed E-state index contributed by atoms with van der Waals surface area (Å²) >= 11 is 1.07. The number of hydrogen-bond acceptors (Lipinski definition) is 5. The van der Waals surface area contributed by atoms with Gasteiger partial charge in [-0.05, 0) is 24.6 Å². The maximum absolute atomic E-state index is 12.1. The van der Waals surface area contributed by atoms with Crippen molar-refractivity contribution in [1.29, 1.82) is 0 Å². The summed E-state index contributed by atoms with van der Waals surface area (Å²) in [7, 11) is -2.07. The minimum atomic E-state index is -3.57. The summed E-state index contributed by atoms with van der Waals surface area (Å²) in [5, 5.41) is 0. The van der Waals surface area contributed by atoms with E-state index in [1.807, 2.05) is 6.92 Å². The van der Waals surface area contributed by atoms with Gasteiger partial charge in [0, 0.05) is 20.2 Å². The molecule has 0 aliphatic heterocycles. The molecule has 0 saturated carbocycles. The number of ether oxygens (including phenoxy) is 1. The van der Waals surface area contributed by atoms with E-state index in [0.29, 0.717) is 17.9 Å². The van der Waals surface area contributed by atoms with E-state index in [0.717, 1.165) is 23.3 Å². The molecule has 0 radical (unpaired) electrons. The number of thiazole rings is 1. The normalized spacial score (nSPS) is 12.1. The van der Waals surface area contributed by atoms with E-state index in [4.69, 9.17) is 4.74 Å². The standard InChI is InChI=1S/C13H18N2O4S2/c1-3-7-15-11-5-4-10(9-12(11)20-13(15)16)21(17,18)14-6-8-19-2/h4-5,9,14H,3,6-8H2,1-2H3. The highest BCUT2D eigenvalue weighted by molar-refractivity contribution is 7.89. The summed E-state index contributed by atoms with van der Waals surface area (Å²) in [6, 6.07) is 4.76. The Morgan fingerprint density at radius 1 is 1.38 bits per heavy atom. The minimum Gasteiger partial charge on any atom is -0.383 e. The second-order valence-electron chi connectivity index (χ2n) is 4.54. The molecule has 1 N–H and O–H groups in total. The van der Waals surface area contributed by atoms with E-state index < -0.39 is 10.0 Å². The molecule has 116 valence electrons. The molecular weight excluding hydrogens is 312 g/mol. The van der Waals surface area contributed by atoms with Gasteiger partial charge in [0.1, 0.15) is 0 Å². The van der Waals surface area contributed by atoms with Crippen molar-refractivity contribution in [3.63, 3.8) is 0 Å². The molecule has 8 heteroatoms. The van der Waals surface area contributed by atoms with E-state index in [9.17, 15) is 13.2 Å². The van der Waals surface area contributed by atoms with Crippen LogP contribution in [0.3, 0.4) is 0 Å². The molecule has 0 unspecified atom stereocenters. The van der Waals surface area contributed by atoms with Crippen LogP contribution in [0.4, 0.5) is 0 Å². The predicted octanol–water partition coefficient (Wildman–Crippen LogP) is 1.40. The lowest BCUT2D eigenvalue weighted by Crippen LogP contribution is -2.27. The van der Waals surface area contributed by atoms with Gasteiger partial charge in [-0.1, -0.05) is 18.3 Å². The fourth-order valence-electron chi connectivity index (χ4n) is 2.01. The smallest absolute Gasteiger partial charge is 0.308 e. The van der Waals surface area contributed by atoms with Crippen LogP contribution in [0.15, 0.2) is 27.9 Å². The number of methoxy groups -OCH3 is 1. The highest BCUT2D eigenvalue weighted by atomic mass is 32.2. The summed E-state index contributed by atoms with van der Waals surface area (Å²) in [6.07, 6.45) is 0.852. The van der Waals surface area contributed by atoms with Gasteiger partial charge in [0.15, 0.2) is 0 Å². The average molecular weight is 330 g/mol. The summed E-state index contributed by atoms with van der Waals surface area (Å²) in [5.74, 6) is 0. The fourth-order valence-corrected chi connectivity index (χ4v) is 4.08. The third-order valence-electron chi connectivity index (χ3n) is 3.00. The Balaban J connectivity index is 2.37. The third-order valence-corrected chi connectivity index (χ3v) is 5.40. The van der Waals surface area contributed by atoms with E-state index >= 15 is 0 Å². The quantitative estimate of drug-likeness (QED) is 0.779. The highest BCUT2D eigenvalue weighted by Gasteiger charge is 2.16. The minimum absolute atomic E-state index is 0.0614. The number of nitrogens with zero attached hydrogens (tertiary/aromatic N) is 1. The van der Waals surface area contributed by atoms with E-state index in [2.05, 4.69) is 4.72 Å². The first-order valence-electron chi connectivity index (χ1n) is 6.61. The molecule has 0 spiro atoms. The summed E-state index contributed by atoms with van der Waals surface area (Å²) in [4.78, 5) is 12.0. The molecule has 21 heavy (non-hydrogen) atoms. The average Bonchev–Trinajstić information content (AvgIpc) is 2.75. The van der Waals surface area contributed by atoms with Crippen LogP contribution in [-0.4, -0.2) is 33.2 Å². The summed E-state index contributed by atoms with van der Waals surface area (Å²) < 4.78 is 33.9. The van der Waals surface area contributed by atoms with Gasteiger partial charge in [0.2, 0.25) is 10.0 Å². The second-order valence-corrected chi connectivity index (χ2v) is 7.30. The molecule has 1 aromatic heterocycles. The van der Waals surface area contributed by atoms with Crippen LogP contribution in [0, 0.1) is 0 Å². The van der Waals surface area contributed by atoms with Gasteiger partial charge in [-0.3, -0.25) is 9.36 Å². The van der Waals surface area contributed by atoms with Crippen molar-refractivity contribution < 1.29 is 13.2 Å². The van der Waals surface area contributed by atoms with Gasteiger partial charge < -0.3 is 4.74 Å². The zero-order valence-electron chi connectivity index (χ0n) is 12.0. The number of hydrogen-bond donors (Lipinski definition) is 1. The lowest BCUT2D eigenvalue weighted by Gasteiger charge is -2.07. The van der Waals surface area contributed by atoms with E-state index in [-0.39, 0.29) is 16.3 Å². The molecule has 0 bridgehead atoms. The van der Waals surface area contributed by atoms with Crippen LogP contribution in [0.25, 0.3) is 10.2 Å². The van der Waals surface area contributed by atoms with Gasteiger partial charge in [-0.15, -0.1) is 0 Å². The fraction of sp³-hybridized carbons (Fsp3) is 0.462. The molecule has 0 amide bonds. The summed E-state index contributed by atoms with van der Waals surface area (Å²) in [6.45, 7) is 3.15. The van der Waals surface area contributed by atoms with Crippen LogP contribution in [0.5, 0.6) is 0 Å². The number of aromatic nitrogens is 1. The largest absolute Gasteiger partial charge is 0.383 e. The molecule has 2 aromatic rings. The third kappa shape index (κ3) is 3.52. The Morgan fingerprint density at radius 3 is 2.81 bits per heavy atom. The molecule has 0 atom stereocenters. The van der Waals surface area contributed by atoms with E-state index in [1.165, 1.54) is 13.2 Å². The zero-order valence-corrected chi connectivity index (χ0v) is 13.6. The Morgan fingerprint density at radius 2 is 2.14 bits per heavy atom. The Bertz CT molecular complexity index is 777. The number of fused-ring (bicyclic) bond motifs is 1. The molecule has 6 nitrogen and oxygen atoms in total. The van der Waals surface area contributed by atoms with Gasteiger partial charge in [0.25, 0.3) is 0 Å². The number of nitrogens with one attached hydrogen (secondary N) is 1. The van der Waals surface area contributed by atoms with Crippen LogP contribution in [0.2, 0.25) is 0 Å². The van der Waals surface area contributed by atoms with Gasteiger partial charge in [0.05, 0.1) is 21.7 Å². The highest BCUT2D eigenvalue weighted by Crippen LogP contribution is 2.21. The molecule has 1 heterocycles. The predicted molar refractivity (Wildman–Crippen MR) is 83.4 cm³/mol. The van der Waals surface area contributed by atoms with Gasteiger partial charge in [-0.2, -0.15) is 0 Å². The molecule has 0 aliphatic carbocycles. The maximum atomic E-state index is 12.1. The lowest BCUT2D eigenvalue weighted by atomic mass is 10.3. The maximum Gasteiger partial charge on any atom is 0.308 e. The zero-order chi connectivity index (χ0) is 15.5. The summed E-state index contributed by atoms with van der Waals surface area (Å²) in [5.41, 5.74) is 0.780. The van der Waals surface area contributed by atoms with Crippen molar-refractivity contribution >= 4 is 31.6 Å².